The molecule has 4 aliphatic rings. The third-order valence-electron chi connectivity index (χ3n) is 6.84. The quantitative estimate of drug-likeness (QED) is 0.757. The molecule has 1 amide bonds. The van der Waals surface area contributed by atoms with E-state index >= 15 is 0 Å². The number of hydrogen-bond acceptors (Lipinski definition) is 4. The van der Waals surface area contributed by atoms with E-state index in [9.17, 15) is 4.79 Å². The molecule has 4 nitrogen and oxygen atoms in total. The average molecular weight is 383 g/mol. The van der Waals surface area contributed by atoms with E-state index in [0.717, 1.165) is 34.8 Å². The van der Waals surface area contributed by atoms with Gasteiger partial charge in [-0.1, -0.05) is 0 Å². The van der Waals surface area contributed by atoms with Gasteiger partial charge in [0.2, 0.25) is 5.91 Å². The zero-order chi connectivity index (χ0) is 18.4. The summed E-state index contributed by atoms with van der Waals surface area (Å²) in [5.41, 5.74) is 2.20. The first-order valence-electron chi connectivity index (χ1n) is 10.0. The molecule has 5 heteroatoms. The number of hydrogen-bond donors (Lipinski definition) is 1. The number of anilines is 1. The van der Waals surface area contributed by atoms with E-state index < -0.39 is 0 Å². The van der Waals surface area contributed by atoms with Gasteiger partial charge < -0.3 is 10.1 Å². The Balaban J connectivity index is 1.24. The lowest BCUT2D eigenvalue weighted by molar-refractivity contribution is -0.124. The van der Waals surface area contributed by atoms with Crippen molar-refractivity contribution in [2.24, 2.45) is 23.2 Å². The van der Waals surface area contributed by atoms with Crippen LogP contribution >= 0.6 is 11.3 Å². The number of nitrogens with one attached hydrogen (secondary N) is 1. The Kier molecular flexibility index (Phi) is 4.23. The SMILES string of the molecule is COc1ccc(-c2csc(NC(=O)CC34CC5CC(CC(C5)C3)C4)n2)cc1. The van der Waals surface area contributed by atoms with Gasteiger partial charge >= 0.3 is 0 Å². The maximum Gasteiger partial charge on any atom is 0.226 e. The molecular weight excluding hydrogens is 356 g/mol. The monoisotopic (exact) mass is 382 g/mol. The molecule has 6 rings (SSSR count). The molecule has 0 atom stereocenters. The number of carbonyl (C=O) groups is 1. The molecule has 1 aromatic heterocycles. The summed E-state index contributed by atoms with van der Waals surface area (Å²) >= 11 is 1.50. The van der Waals surface area contributed by atoms with Crippen LogP contribution in [0.2, 0.25) is 0 Å². The van der Waals surface area contributed by atoms with E-state index in [-0.39, 0.29) is 11.3 Å². The lowest BCUT2D eigenvalue weighted by atomic mass is 9.49. The number of thiazole rings is 1. The van der Waals surface area contributed by atoms with Crippen molar-refractivity contribution in [3.63, 3.8) is 0 Å². The third kappa shape index (κ3) is 3.38. The highest BCUT2D eigenvalue weighted by Crippen LogP contribution is 2.61. The smallest absolute Gasteiger partial charge is 0.226 e. The molecule has 4 fully saturated rings. The van der Waals surface area contributed by atoms with Crippen molar-refractivity contribution in [2.45, 2.75) is 44.9 Å². The van der Waals surface area contributed by atoms with Crippen LogP contribution in [0.5, 0.6) is 5.75 Å². The Morgan fingerprint density at radius 2 is 1.78 bits per heavy atom. The van der Waals surface area contributed by atoms with Crippen LogP contribution in [-0.2, 0) is 4.79 Å². The first-order valence-corrected chi connectivity index (χ1v) is 10.9. The van der Waals surface area contributed by atoms with Crippen molar-refractivity contribution in [3.8, 4) is 17.0 Å². The predicted molar refractivity (Wildman–Crippen MR) is 108 cm³/mol. The summed E-state index contributed by atoms with van der Waals surface area (Å²) in [7, 11) is 1.66. The van der Waals surface area contributed by atoms with Gasteiger partial charge in [0.25, 0.3) is 0 Å². The highest BCUT2D eigenvalue weighted by Gasteiger charge is 2.51. The number of carbonyl (C=O) groups excluding carboxylic acids is 1. The van der Waals surface area contributed by atoms with Crippen LogP contribution in [0.15, 0.2) is 29.6 Å². The number of methoxy groups -OCH3 is 1. The second-order valence-electron chi connectivity index (χ2n) is 8.91. The molecule has 2 aromatic rings. The number of rotatable bonds is 5. The van der Waals surface area contributed by atoms with Gasteiger partial charge in [0.05, 0.1) is 12.8 Å². The molecule has 0 radical (unpaired) electrons. The minimum absolute atomic E-state index is 0.146. The van der Waals surface area contributed by atoms with Crippen molar-refractivity contribution < 1.29 is 9.53 Å². The zero-order valence-electron chi connectivity index (χ0n) is 15.7. The topological polar surface area (TPSA) is 51.2 Å². The summed E-state index contributed by atoms with van der Waals surface area (Å²) < 4.78 is 5.20. The van der Waals surface area contributed by atoms with E-state index in [1.54, 1.807) is 7.11 Å². The average Bonchev–Trinajstić information content (AvgIpc) is 3.08. The van der Waals surface area contributed by atoms with E-state index in [4.69, 9.17) is 4.74 Å². The summed E-state index contributed by atoms with van der Waals surface area (Å²) in [6.07, 6.45) is 8.72. The molecule has 4 bridgehead atoms. The minimum atomic E-state index is 0.146. The molecular formula is C22H26N2O2S. The van der Waals surface area contributed by atoms with E-state index in [2.05, 4.69) is 10.3 Å². The first kappa shape index (κ1) is 17.2. The molecule has 1 aromatic carbocycles. The fourth-order valence-electron chi connectivity index (χ4n) is 6.24. The minimum Gasteiger partial charge on any atom is -0.497 e. The summed E-state index contributed by atoms with van der Waals surface area (Å²) in [5, 5.41) is 5.78. The van der Waals surface area contributed by atoms with Gasteiger partial charge in [0, 0.05) is 17.4 Å². The van der Waals surface area contributed by atoms with Crippen LogP contribution in [0.1, 0.15) is 44.9 Å². The predicted octanol–water partition coefficient (Wildman–Crippen LogP) is 5.36. The molecule has 1 heterocycles. The van der Waals surface area contributed by atoms with Crippen LogP contribution < -0.4 is 10.1 Å². The Morgan fingerprint density at radius 1 is 1.15 bits per heavy atom. The van der Waals surface area contributed by atoms with Gasteiger partial charge in [0.1, 0.15) is 5.75 Å². The second-order valence-corrected chi connectivity index (χ2v) is 9.77. The van der Waals surface area contributed by atoms with Crippen molar-refractivity contribution >= 4 is 22.4 Å². The van der Waals surface area contributed by atoms with Crippen LogP contribution in [0.25, 0.3) is 11.3 Å². The van der Waals surface area contributed by atoms with Gasteiger partial charge in [0.15, 0.2) is 5.13 Å². The number of ether oxygens (including phenoxy) is 1. The van der Waals surface area contributed by atoms with Gasteiger partial charge in [-0.15, -0.1) is 11.3 Å². The highest BCUT2D eigenvalue weighted by molar-refractivity contribution is 7.14. The zero-order valence-corrected chi connectivity index (χ0v) is 16.6. The Hall–Kier alpha value is -1.88. The first-order chi connectivity index (χ1) is 13.1. The van der Waals surface area contributed by atoms with Crippen LogP contribution in [0.3, 0.4) is 0 Å². The van der Waals surface area contributed by atoms with E-state index in [1.807, 2.05) is 29.6 Å². The summed E-state index contributed by atoms with van der Waals surface area (Å²) in [5.74, 6) is 3.62. The number of benzene rings is 1. The molecule has 0 spiro atoms. The van der Waals surface area contributed by atoms with Crippen molar-refractivity contribution in [1.29, 1.82) is 0 Å². The summed E-state index contributed by atoms with van der Waals surface area (Å²) in [6, 6.07) is 7.85. The largest absolute Gasteiger partial charge is 0.497 e. The fourth-order valence-corrected chi connectivity index (χ4v) is 6.97. The molecule has 27 heavy (non-hydrogen) atoms. The molecule has 0 unspecified atom stereocenters. The van der Waals surface area contributed by atoms with Gasteiger partial charge in [-0.05, 0) is 86.0 Å². The highest BCUT2D eigenvalue weighted by atomic mass is 32.1. The Labute approximate surface area is 164 Å². The number of amides is 1. The normalized spacial score (nSPS) is 31.1. The Morgan fingerprint density at radius 3 is 2.37 bits per heavy atom. The molecule has 4 aliphatic carbocycles. The lowest BCUT2D eigenvalue weighted by Gasteiger charge is -2.56. The lowest BCUT2D eigenvalue weighted by Crippen LogP contribution is -2.47. The molecule has 0 aliphatic heterocycles. The molecule has 0 saturated heterocycles. The van der Waals surface area contributed by atoms with Crippen LogP contribution in [0, 0.1) is 23.2 Å². The Bertz CT molecular complexity index is 807. The van der Waals surface area contributed by atoms with Gasteiger partial charge in [-0.3, -0.25) is 4.79 Å². The van der Waals surface area contributed by atoms with Gasteiger partial charge in [-0.2, -0.15) is 0 Å². The maximum absolute atomic E-state index is 12.8. The van der Waals surface area contributed by atoms with Crippen molar-refractivity contribution in [1.82, 2.24) is 4.98 Å². The fraction of sp³-hybridized carbons (Fsp3) is 0.545. The second kappa shape index (κ2) is 6.62. The third-order valence-corrected chi connectivity index (χ3v) is 7.59. The summed E-state index contributed by atoms with van der Waals surface area (Å²) in [4.78, 5) is 17.4. The van der Waals surface area contributed by atoms with Crippen LogP contribution in [-0.4, -0.2) is 18.0 Å². The molecule has 1 N–H and O–H groups in total. The van der Waals surface area contributed by atoms with E-state index in [1.165, 1.54) is 49.9 Å². The van der Waals surface area contributed by atoms with E-state index in [0.29, 0.717) is 11.6 Å². The summed E-state index contributed by atoms with van der Waals surface area (Å²) in [6.45, 7) is 0. The molecule has 142 valence electrons. The van der Waals surface area contributed by atoms with Crippen molar-refractivity contribution in [2.75, 3.05) is 12.4 Å². The standard InChI is InChI=1S/C22H26N2O2S/c1-26-18-4-2-17(3-5-18)19-13-27-21(23-19)24-20(25)12-22-9-14-6-15(10-22)8-16(7-14)11-22/h2-5,13-16H,6-12H2,1H3,(H,23,24,25). The van der Waals surface area contributed by atoms with Crippen molar-refractivity contribution in [3.05, 3.63) is 29.6 Å². The van der Waals surface area contributed by atoms with Crippen LogP contribution in [0.4, 0.5) is 5.13 Å². The number of aromatic nitrogens is 1. The molecule has 4 saturated carbocycles. The number of nitrogens with zero attached hydrogens (tertiary/aromatic N) is 1. The van der Waals surface area contributed by atoms with Gasteiger partial charge in [-0.25, -0.2) is 4.98 Å². The maximum atomic E-state index is 12.8.